The van der Waals surface area contributed by atoms with Crippen molar-refractivity contribution in [2.75, 3.05) is 19.3 Å². The highest BCUT2D eigenvalue weighted by Gasteiger charge is 2.30. The van der Waals surface area contributed by atoms with Gasteiger partial charge in [-0.3, -0.25) is 0 Å². The molecule has 2 aromatic heterocycles. The first-order valence-electron chi connectivity index (χ1n) is 8.51. The van der Waals surface area contributed by atoms with Gasteiger partial charge in [0.1, 0.15) is 5.82 Å². The maximum absolute atomic E-state index is 12.0. The second kappa shape index (κ2) is 6.28. The van der Waals surface area contributed by atoms with Crippen LogP contribution in [0, 0.1) is 0 Å². The molecule has 130 valence electrons. The minimum atomic E-state index is -3.17. The number of piperidine rings is 1. The molecule has 1 saturated heterocycles. The average Bonchev–Trinajstić information content (AvgIpc) is 3.02. The van der Waals surface area contributed by atoms with Gasteiger partial charge in [-0.25, -0.2) is 17.7 Å². The Labute approximate surface area is 148 Å². The van der Waals surface area contributed by atoms with Crippen LogP contribution in [0.5, 0.6) is 0 Å². The van der Waals surface area contributed by atoms with Crippen molar-refractivity contribution < 1.29 is 8.42 Å². The number of fused-ring (bicyclic) bond motifs is 1. The minimum absolute atomic E-state index is 0.107. The molecule has 1 aliphatic heterocycles. The quantitative estimate of drug-likeness (QED) is 0.725. The van der Waals surface area contributed by atoms with Crippen molar-refractivity contribution in [2.24, 2.45) is 0 Å². The third-order valence-corrected chi connectivity index (χ3v) is 6.11. The highest BCUT2D eigenvalue weighted by molar-refractivity contribution is 7.88. The maximum atomic E-state index is 12.0. The summed E-state index contributed by atoms with van der Waals surface area (Å²) in [7, 11) is -3.17. The summed E-state index contributed by atoms with van der Waals surface area (Å²) >= 11 is 0. The largest absolute Gasteiger partial charge is 0.303 e. The molecule has 6 heteroatoms. The van der Waals surface area contributed by atoms with E-state index in [1.807, 2.05) is 36.5 Å². The number of pyridine rings is 1. The minimum Gasteiger partial charge on any atom is -0.303 e. The van der Waals surface area contributed by atoms with E-state index in [1.165, 1.54) is 6.26 Å². The van der Waals surface area contributed by atoms with E-state index in [4.69, 9.17) is 4.98 Å². The van der Waals surface area contributed by atoms with Crippen molar-refractivity contribution in [1.82, 2.24) is 13.7 Å². The fourth-order valence-electron chi connectivity index (χ4n) is 3.61. The number of rotatable bonds is 3. The van der Waals surface area contributed by atoms with Crippen LogP contribution >= 0.6 is 0 Å². The number of nitrogens with zero attached hydrogens (tertiary/aromatic N) is 3. The van der Waals surface area contributed by atoms with Gasteiger partial charge in [0.2, 0.25) is 10.0 Å². The Bertz CT molecular complexity index is 996. The lowest BCUT2D eigenvalue weighted by Crippen LogP contribution is -2.38. The molecule has 25 heavy (non-hydrogen) atoms. The van der Waals surface area contributed by atoms with Gasteiger partial charge < -0.3 is 4.40 Å². The van der Waals surface area contributed by atoms with Crippen LogP contribution in [0.25, 0.3) is 16.8 Å². The zero-order valence-corrected chi connectivity index (χ0v) is 15.0. The molecule has 0 aliphatic carbocycles. The van der Waals surface area contributed by atoms with Gasteiger partial charge in [0.25, 0.3) is 0 Å². The summed E-state index contributed by atoms with van der Waals surface area (Å²) in [4.78, 5) is 4.94. The molecular weight excluding hydrogens is 334 g/mol. The number of sulfonamides is 1. The fourth-order valence-corrected chi connectivity index (χ4v) is 4.52. The van der Waals surface area contributed by atoms with Gasteiger partial charge in [0, 0.05) is 30.8 Å². The normalized spacial score (nSPS) is 19.3. The van der Waals surface area contributed by atoms with Gasteiger partial charge >= 0.3 is 0 Å². The highest BCUT2D eigenvalue weighted by Crippen LogP contribution is 2.32. The van der Waals surface area contributed by atoms with Crippen LogP contribution in [0.15, 0.2) is 54.7 Å². The predicted octanol–water partition coefficient (Wildman–Crippen LogP) is 3.14. The molecule has 3 heterocycles. The first-order chi connectivity index (χ1) is 12.0. The van der Waals surface area contributed by atoms with Crippen molar-refractivity contribution in [3.8, 4) is 11.3 Å². The smallest absolute Gasteiger partial charge is 0.211 e. The summed E-state index contributed by atoms with van der Waals surface area (Å²) in [5, 5.41) is 0. The SMILES string of the molecule is CS(=O)(=O)N1CCCC(c2nc(-c3ccccc3)c3ccccn23)C1. The van der Waals surface area contributed by atoms with E-state index in [0.29, 0.717) is 13.1 Å². The molecule has 1 atom stereocenters. The molecule has 3 aromatic rings. The number of hydrogen-bond acceptors (Lipinski definition) is 3. The van der Waals surface area contributed by atoms with Crippen molar-refractivity contribution in [3.05, 3.63) is 60.6 Å². The van der Waals surface area contributed by atoms with Crippen molar-refractivity contribution >= 4 is 15.5 Å². The van der Waals surface area contributed by atoms with Crippen molar-refractivity contribution in [1.29, 1.82) is 0 Å². The first kappa shape index (κ1) is 16.3. The topological polar surface area (TPSA) is 54.7 Å². The molecule has 0 spiro atoms. The number of aromatic nitrogens is 2. The molecule has 1 fully saturated rings. The Morgan fingerprint density at radius 2 is 1.84 bits per heavy atom. The molecule has 5 nitrogen and oxygen atoms in total. The van der Waals surface area contributed by atoms with Crippen molar-refractivity contribution in [3.63, 3.8) is 0 Å². The fraction of sp³-hybridized carbons (Fsp3) is 0.316. The zero-order chi connectivity index (χ0) is 17.4. The van der Waals surface area contributed by atoms with E-state index < -0.39 is 10.0 Å². The maximum Gasteiger partial charge on any atom is 0.211 e. The van der Waals surface area contributed by atoms with Crippen LogP contribution in [0.4, 0.5) is 0 Å². The van der Waals surface area contributed by atoms with Crippen LogP contribution in [0.2, 0.25) is 0 Å². The van der Waals surface area contributed by atoms with E-state index in [2.05, 4.69) is 22.6 Å². The van der Waals surface area contributed by atoms with E-state index in [-0.39, 0.29) is 5.92 Å². The van der Waals surface area contributed by atoms with Gasteiger partial charge in [-0.05, 0) is 25.0 Å². The molecule has 4 rings (SSSR count). The van der Waals surface area contributed by atoms with E-state index in [1.54, 1.807) is 4.31 Å². The monoisotopic (exact) mass is 355 g/mol. The Morgan fingerprint density at radius 3 is 2.60 bits per heavy atom. The van der Waals surface area contributed by atoms with E-state index in [9.17, 15) is 8.42 Å². The van der Waals surface area contributed by atoms with Crippen LogP contribution < -0.4 is 0 Å². The van der Waals surface area contributed by atoms with Crippen LogP contribution in [-0.4, -0.2) is 41.5 Å². The lowest BCUT2D eigenvalue weighted by Gasteiger charge is -2.30. The summed E-state index contributed by atoms with van der Waals surface area (Å²) < 4.78 is 27.6. The Hall–Kier alpha value is -2.18. The number of imidazole rings is 1. The molecule has 0 bridgehead atoms. The van der Waals surface area contributed by atoms with Gasteiger partial charge in [-0.2, -0.15) is 0 Å². The lowest BCUT2D eigenvalue weighted by atomic mass is 9.99. The summed E-state index contributed by atoms with van der Waals surface area (Å²) in [6.07, 6.45) is 5.12. The molecule has 1 aromatic carbocycles. The lowest BCUT2D eigenvalue weighted by molar-refractivity contribution is 0.310. The number of benzene rings is 1. The van der Waals surface area contributed by atoms with Gasteiger partial charge in [-0.15, -0.1) is 0 Å². The molecule has 0 saturated carbocycles. The van der Waals surface area contributed by atoms with Gasteiger partial charge in [-0.1, -0.05) is 36.4 Å². The summed E-state index contributed by atoms with van der Waals surface area (Å²) in [6.45, 7) is 1.10. The van der Waals surface area contributed by atoms with Crippen LogP contribution in [0.1, 0.15) is 24.6 Å². The summed E-state index contributed by atoms with van der Waals surface area (Å²) in [5.74, 6) is 1.05. The van der Waals surface area contributed by atoms with E-state index >= 15 is 0 Å². The molecule has 0 N–H and O–H groups in total. The Morgan fingerprint density at radius 1 is 1.08 bits per heavy atom. The second-order valence-electron chi connectivity index (χ2n) is 6.60. The highest BCUT2D eigenvalue weighted by atomic mass is 32.2. The molecule has 1 aliphatic rings. The Kier molecular flexibility index (Phi) is 4.09. The van der Waals surface area contributed by atoms with Crippen molar-refractivity contribution in [2.45, 2.75) is 18.8 Å². The van der Waals surface area contributed by atoms with Crippen LogP contribution in [-0.2, 0) is 10.0 Å². The Balaban J connectivity index is 1.80. The van der Waals surface area contributed by atoms with Gasteiger partial charge in [0.15, 0.2) is 0 Å². The first-order valence-corrected chi connectivity index (χ1v) is 10.4. The third-order valence-electron chi connectivity index (χ3n) is 4.84. The summed E-state index contributed by atoms with van der Waals surface area (Å²) in [5.41, 5.74) is 3.08. The van der Waals surface area contributed by atoms with E-state index in [0.717, 1.165) is 35.4 Å². The van der Waals surface area contributed by atoms with Gasteiger partial charge in [0.05, 0.1) is 17.5 Å². The summed E-state index contributed by atoms with van der Waals surface area (Å²) in [6, 6.07) is 16.2. The molecule has 0 radical (unpaired) electrons. The van der Waals surface area contributed by atoms with Crippen LogP contribution in [0.3, 0.4) is 0 Å². The standard InChI is InChI=1S/C19H21N3O2S/c1-25(23,24)21-12-7-10-16(14-21)19-20-18(15-8-3-2-4-9-15)17-11-5-6-13-22(17)19/h2-6,8-9,11,13,16H,7,10,12,14H2,1H3. The predicted molar refractivity (Wildman–Crippen MR) is 99.0 cm³/mol. The second-order valence-corrected chi connectivity index (χ2v) is 8.58. The molecule has 1 unspecified atom stereocenters. The average molecular weight is 355 g/mol. The third kappa shape index (κ3) is 3.07. The zero-order valence-electron chi connectivity index (χ0n) is 14.2. The number of hydrogen-bond donors (Lipinski definition) is 0. The molecule has 0 amide bonds. The molecular formula is C19H21N3O2S.